The molecule has 104 valence electrons. The number of nitrogens with two attached hydrogens (primary N) is 1. The molecule has 0 aliphatic rings. The molecule has 0 bridgehead atoms. The van der Waals surface area contributed by atoms with Gasteiger partial charge in [0.25, 0.3) is 0 Å². The van der Waals surface area contributed by atoms with Crippen molar-refractivity contribution in [1.29, 1.82) is 0 Å². The van der Waals surface area contributed by atoms with Crippen molar-refractivity contribution in [3.8, 4) is 0 Å². The SMILES string of the molecule is CC(C)n1cc(CCN)c2cc(C(C)(C)C)ccc21. The third-order valence-electron chi connectivity index (χ3n) is 3.75. The van der Waals surface area contributed by atoms with Crippen molar-refractivity contribution in [1.82, 2.24) is 4.57 Å². The van der Waals surface area contributed by atoms with Gasteiger partial charge in [0.05, 0.1) is 0 Å². The second-order valence-corrected chi connectivity index (χ2v) is 6.68. The van der Waals surface area contributed by atoms with E-state index in [1.165, 1.54) is 22.0 Å². The Balaban J connectivity index is 2.66. The quantitative estimate of drug-likeness (QED) is 0.885. The van der Waals surface area contributed by atoms with Crippen LogP contribution in [0.1, 0.15) is 51.8 Å². The lowest BCUT2D eigenvalue weighted by atomic mass is 9.86. The van der Waals surface area contributed by atoms with Crippen molar-refractivity contribution in [3.63, 3.8) is 0 Å². The summed E-state index contributed by atoms with van der Waals surface area (Å²) in [7, 11) is 0. The molecule has 2 nitrogen and oxygen atoms in total. The van der Waals surface area contributed by atoms with Gasteiger partial charge in [0.15, 0.2) is 0 Å². The average Bonchev–Trinajstić information content (AvgIpc) is 2.67. The van der Waals surface area contributed by atoms with E-state index < -0.39 is 0 Å². The molecule has 1 aromatic carbocycles. The predicted octanol–water partition coefficient (Wildman–Crippen LogP) is 4.02. The molecule has 0 aliphatic carbocycles. The fraction of sp³-hybridized carbons (Fsp3) is 0.529. The van der Waals surface area contributed by atoms with Crippen LogP contribution in [0, 0.1) is 0 Å². The first-order valence-corrected chi connectivity index (χ1v) is 7.18. The Morgan fingerprint density at radius 2 is 1.89 bits per heavy atom. The van der Waals surface area contributed by atoms with Crippen LogP contribution in [-0.4, -0.2) is 11.1 Å². The summed E-state index contributed by atoms with van der Waals surface area (Å²) in [5, 5.41) is 1.37. The van der Waals surface area contributed by atoms with E-state index in [0.29, 0.717) is 12.6 Å². The van der Waals surface area contributed by atoms with Gasteiger partial charge in [-0.25, -0.2) is 0 Å². The van der Waals surface area contributed by atoms with Crippen LogP contribution in [0.15, 0.2) is 24.4 Å². The lowest BCUT2D eigenvalue weighted by molar-refractivity contribution is 0.590. The molecule has 2 rings (SSSR count). The van der Waals surface area contributed by atoms with Crippen molar-refractivity contribution in [2.24, 2.45) is 5.73 Å². The number of rotatable bonds is 3. The summed E-state index contributed by atoms with van der Waals surface area (Å²) < 4.78 is 2.35. The highest BCUT2D eigenvalue weighted by Gasteiger charge is 2.17. The molecule has 0 unspecified atom stereocenters. The molecule has 0 radical (unpaired) electrons. The van der Waals surface area contributed by atoms with Gasteiger partial charge in [-0.2, -0.15) is 0 Å². The summed E-state index contributed by atoms with van der Waals surface area (Å²) in [4.78, 5) is 0. The molecule has 2 heteroatoms. The summed E-state index contributed by atoms with van der Waals surface area (Å²) in [5.41, 5.74) is 10.0. The van der Waals surface area contributed by atoms with Gasteiger partial charge in [0, 0.05) is 23.1 Å². The Bertz CT molecular complexity index is 571. The fourth-order valence-corrected chi connectivity index (χ4v) is 2.57. The highest BCUT2D eigenvalue weighted by Crippen LogP contribution is 2.30. The zero-order chi connectivity index (χ0) is 14.2. The van der Waals surface area contributed by atoms with E-state index in [0.717, 1.165) is 6.42 Å². The standard InChI is InChI=1S/C17H26N2/c1-12(2)19-11-13(8-9-18)15-10-14(17(3,4)5)6-7-16(15)19/h6-7,10-12H,8-9,18H2,1-5H3. The normalized spacial score (nSPS) is 12.6. The summed E-state index contributed by atoms with van der Waals surface area (Å²) >= 11 is 0. The number of nitrogens with zero attached hydrogens (tertiary/aromatic N) is 1. The molecule has 0 aliphatic heterocycles. The van der Waals surface area contributed by atoms with Crippen LogP contribution in [0.5, 0.6) is 0 Å². The maximum atomic E-state index is 5.75. The summed E-state index contributed by atoms with van der Waals surface area (Å²) in [6.07, 6.45) is 3.22. The fourth-order valence-electron chi connectivity index (χ4n) is 2.57. The molecular formula is C17H26N2. The van der Waals surface area contributed by atoms with Crippen molar-refractivity contribution in [2.45, 2.75) is 52.5 Å². The molecule has 0 saturated heterocycles. The summed E-state index contributed by atoms with van der Waals surface area (Å²) in [6, 6.07) is 7.34. The predicted molar refractivity (Wildman–Crippen MR) is 83.8 cm³/mol. The first-order chi connectivity index (χ1) is 8.84. The third kappa shape index (κ3) is 2.69. The number of benzene rings is 1. The van der Waals surface area contributed by atoms with Gasteiger partial charge in [-0.3, -0.25) is 0 Å². The second kappa shape index (κ2) is 5.01. The molecule has 1 aromatic heterocycles. The Hall–Kier alpha value is -1.28. The van der Waals surface area contributed by atoms with Gasteiger partial charge < -0.3 is 10.3 Å². The monoisotopic (exact) mass is 258 g/mol. The van der Waals surface area contributed by atoms with Gasteiger partial charge >= 0.3 is 0 Å². The van der Waals surface area contributed by atoms with Crippen LogP contribution in [0.2, 0.25) is 0 Å². The highest BCUT2D eigenvalue weighted by molar-refractivity contribution is 5.85. The van der Waals surface area contributed by atoms with E-state index in [4.69, 9.17) is 5.73 Å². The Kier molecular flexibility index (Phi) is 3.73. The second-order valence-electron chi connectivity index (χ2n) is 6.68. The Morgan fingerprint density at radius 3 is 2.42 bits per heavy atom. The number of hydrogen-bond acceptors (Lipinski definition) is 1. The van der Waals surface area contributed by atoms with Gasteiger partial charge in [-0.1, -0.05) is 26.8 Å². The maximum Gasteiger partial charge on any atom is 0.0485 e. The first-order valence-electron chi connectivity index (χ1n) is 7.18. The van der Waals surface area contributed by atoms with E-state index in [1.54, 1.807) is 0 Å². The molecular weight excluding hydrogens is 232 g/mol. The van der Waals surface area contributed by atoms with E-state index in [2.05, 4.69) is 63.6 Å². The molecule has 0 amide bonds. The molecule has 19 heavy (non-hydrogen) atoms. The van der Waals surface area contributed by atoms with E-state index in [9.17, 15) is 0 Å². The van der Waals surface area contributed by atoms with Gasteiger partial charge in [0.2, 0.25) is 0 Å². The number of hydrogen-bond donors (Lipinski definition) is 1. The minimum Gasteiger partial charge on any atom is -0.345 e. The van der Waals surface area contributed by atoms with E-state index in [1.807, 2.05) is 0 Å². The zero-order valence-electron chi connectivity index (χ0n) is 12.8. The minimum atomic E-state index is 0.189. The van der Waals surface area contributed by atoms with Crippen LogP contribution in [0.25, 0.3) is 10.9 Å². The van der Waals surface area contributed by atoms with Crippen LogP contribution in [-0.2, 0) is 11.8 Å². The maximum absolute atomic E-state index is 5.75. The molecule has 0 saturated carbocycles. The Labute approximate surface area is 116 Å². The van der Waals surface area contributed by atoms with Gasteiger partial charge in [0.1, 0.15) is 0 Å². The van der Waals surface area contributed by atoms with Crippen LogP contribution in [0.4, 0.5) is 0 Å². The smallest absolute Gasteiger partial charge is 0.0485 e. The highest BCUT2D eigenvalue weighted by atomic mass is 15.0. The average molecular weight is 258 g/mol. The van der Waals surface area contributed by atoms with Crippen molar-refractivity contribution in [3.05, 3.63) is 35.5 Å². The molecule has 0 atom stereocenters. The van der Waals surface area contributed by atoms with Crippen molar-refractivity contribution >= 4 is 10.9 Å². The first kappa shape index (κ1) is 14.1. The summed E-state index contributed by atoms with van der Waals surface area (Å²) in [5.74, 6) is 0. The van der Waals surface area contributed by atoms with Crippen molar-refractivity contribution < 1.29 is 0 Å². The topological polar surface area (TPSA) is 30.9 Å². The molecule has 0 fully saturated rings. The minimum absolute atomic E-state index is 0.189. The lowest BCUT2D eigenvalue weighted by Gasteiger charge is -2.19. The lowest BCUT2D eigenvalue weighted by Crippen LogP contribution is -2.10. The molecule has 2 aromatic rings. The third-order valence-corrected chi connectivity index (χ3v) is 3.75. The molecule has 0 spiro atoms. The number of aromatic nitrogens is 1. The van der Waals surface area contributed by atoms with Crippen molar-refractivity contribution in [2.75, 3.05) is 6.54 Å². The van der Waals surface area contributed by atoms with Gasteiger partial charge in [-0.15, -0.1) is 0 Å². The molecule has 1 heterocycles. The van der Waals surface area contributed by atoms with Crippen LogP contribution < -0.4 is 5.73 Å². The van der Waals surface area contributed by atoms with Gasteiger partial charge in [-0.05, 0) is 55.5 Å². The largest absolute Gasteiger partial charge is 0.345 e. The summed E-state index contributed by atoms with van der Waals surface area (Å²) in [6.45, 7) is 11.9. The molecule has 2 N–H and O–H groups in total. The van der Waals surface area contributed by atoms with E-state index in [-0.39, 0.29) is 5.41 Å². The van der Waals surface area contributed by atoms with E-state index >= 15 is 0 Å². The number of fused-ring (bicyclic) bond motifs is 1. The van der Waals surface area contributed by atoms with Crippen LogP contribution >= 0.6 is 0 Å². The van der Waals surface area contributed by atoms with Crippen LogP contribution in [0.3, 0.4) is 0 Å². The Morgan fingerprint density at radius 1 is 1.21 bits per heavy atom. The zero-order valence-corrected chi connectivity index (χ0v) is 12.8.